The predicted octanol–water partition coefficient (Wildman–Crippen LogP) is 2.85. The molecule has 0 unspecified atom stereocenters. The van der Waals surface area contributed by atoms with Gasteiger partial charge in [0.1, 0.15) is 6.61 Å². The van der Waals surface area contributed by atoms with Gasteiger partial charge in [0, 0.05) is 18.7 Å². The number of hydrogen-bond acceptors (Lipinski definition) is 3. The van der Waals surface area contributed by atoms with Gasteiger partial charge < -0.3 is 15.2 Å². The highest BCUT2D eigenvalue weighted by molar-refractivity contribution is 5.69. The third kappa shape index (κ3) is 2.42. The average molecular weight is 255 g/mol. The minimum atomic E-state index is 0.219. The van der Waals surface area contributed by atoms with Crippen molar-refractivity contribution in [3.8, 4) is 22.6 Å². The zero-order valence-corrected chi connectivity index (χ0v) is 10.9. The summed E-state index contributed by atoms with van der Waals surface area (Å²) < 4.78 is 5.58. The maximum absolute atomic E-state index is 10.1. The van der Waals surface area contributed by atoms with Crippen molar-refractivity contribution in [3.63, 3.8) is 0 Å². The molecule has 0 saturated heterocycles. The molecule has 0 bridgehead atoms. The Hall–Kier alpha value is -2.00. The molecule has 1 heterocycles. The van der Waals surface area contributed by atoms with Crippen LogP contribution in [-0.4, -0.2) is 18.3 Å². The van der Waals surface area contributed by atoms with E-state index in [4.69, 9.17) is 4.74 Å². The van der Waals surface area contributed by atoms with E-state index in [1.165, 1.54) is 5.56 Å². The number of aryl methyl sites for hydroxylation is 1. The molecule has 0 spiro atoms. The third-order valence-corrected chi connectivity index (χ3v) is 3.37. The molecule has 3 heteroatoms. The van der Waals surface area contributed by atoms with Crippen LogP contribution in [0.4, 0.5) is 0 Å². The Kier molecular flexibility index (Phi) is 3.13. The highest BCUT2D eigenvalue weighted by atomic mass is 16.5. The van der Waals surface area contributed by atoms with Gasteiger partial charge in [0.15, 0.2) is 11.5 Å². The first-order valence-electron chi connectivity index (χ1n) is 6.50. The van der Waals surface area contributed by atoms with Crippen LogP contribution in [-0.2, 0) is 6.54 Å². The van der Waals surface area contributed by atoms with E-state index in [1.807, 2.05) is 0 Å². The van der Waals surface area contributed by atoms with Crippen molar-refractivity contribution in [2.45, 2.75) is 13.5 Å². The van der Waals surface area contributed by atoms with Crippen LogP contribution in [0, 0.1) is 6.92 Å². The minimum Gasteiger partial charge on any atom is -0.504 e. The summed E-state index contributed by atoms with van der Waals surface area (Å²) in [6.45, 7) is 4.18. The lowest BCUT2D eigenvalue weighted by atomic mass is 10.0. The summed E-state index contributed by atoms with van der Waals surface area (Å²) in [5, 5.41) is 13.4. The van der Waals surface area contributed by atoms with Crippen LogP contribution in [0.15, 0.2) is 36.4 Å². The van der Waals surface area contributed by atoms with E-state index in [2.05, 4.69) is 42.6 Å². The Morgan fingerprint density at radius 3 is 2.68 bits per heavy atom. The molecule has 3 rings (SSSR count). The molecule has 0 saturated carbocycles. The molecule has 0 amide bonds. The Morgan fingerprint density at radius 2 is 1.89 bits per heavy atom. The second kappa shape index (κ2) is 4.94. The second-order valence-electron chi connectivity index (χ2n) is 4.87. The summed E-state index contributed by atoms with van der Waals surface area (Å²) >= 11 is 0. The van der Waals surface area contributed by atoms with Crippen LogP contribution in [0.1, 0.15) is 11.1 Å². The number of ether oxygens (including phenoxy) is 1. The van der Waals surface area contributed by atoms with Crippen LogP contribution in [0.2, 0.25) is 0 Å². The molecule has 0 radical (unpaired) electrons. The molecule has 98 valence electrons. The molecule has 0 aliphatic carbocycles. The lowest BCUT2D eigenvalue weighted by Gasteiger charge is -2.11. The van der Waals surface area contributed by atoms with Crippen LogP contribution in [0.5, 0.6) is 11.5 Å². The van der Waals surface area contributed by atoms with Gasteiger partial charge in [-0.15, -0.1) is 0 Å². The van der Waals surface area contributed by atoms with Gasteiger partial charge in [0.05, 0.1) is 0 Å². The zero-order valence-electron chi connectivity index (χ0n) is 10.9. The second-order valence-corrected chi connectivity index (χ2v) is 4.87. The maximum Gasteiger partial charge on any atom is 0.165 e. The molecular formula is C16H17NO2. The first kappa shape index (κ1) is 12.1. The average Bonchev–Trinajstić information content (AvgIpc) is 2.65. The molecule has 19 heavy (non-hydrogen) atoms. The van der Waals surface area contributed by atoms with Crippen LogP contribution < -0.4 is 10.1 Å². The van der Waals surface area contributed by atoms with Crippen LogP contribution in [0.3, 0.4) is 0 Å². The SMILES string of the molecule is Cc1ccc(-c2cc(O)c3c(c2)CNCCO3)cc1. The predicted molar refractivity (Wildman–Crippen MR) is 75.5 cm³/mol. The van der Waals surface area contributed by atoms with Crippen LogP contribution in [0.25, 0.3) is 11.1 Å². The number of rotatable bonds is 1. The Morgan fingerprint density at radius 1 is 1.11 bits per heavy atom. The lowest BCUT2D eigenvalue weighted by molar-refractivity contribution is 0.307. The standard InChI is InChI=1S/C16H17NO2/c1-11-2-4-12(5-3-11)13-8-14-10-17-6-7-19-16(14)15(18)9-13/h2-5,8-9,17-18H,6-7,10H2,1H3. The van der Waals surface area contributed by atoms with E-state index in [-0.39, 0.29) is 5.75 Å². The monoisotopic (exact) mass is 255 g/mol. The van der Waals surface area contributed by atoms with Crippen molar-refractivity contribution in [1.29, 1.82) is 0 Å². The van der Waals surface area contributed by atoms with E-state index in [0.29, 0.717) is 12.4 Å². The van der Waals surface area contributed by atoms with Crippen LogP contribution >= 0.6 is 0 Å². The molecule has 1 aliphatic heterocycles. The van der Waals surface area contributed by atoms with E-state index in [1.54, 1.807) is 6.07 Å². The molecule has 0 atom stereocenters. The normalized spacial score (nSPS) is 14.4. The van der Waals surface area contributed by atoms with E-state index < -0.39 is 0 Å². The molecule has 0 aromatic heterocycles. The Bertz CT molecular complexity index is 590. The molecule has 2 aromatic rings. The van der Waals surface area contributed by atoms with E-state index in [9.17, 15) is 5.11 Å². The number of fused-ring (bicyclic) bond motifs is 1. The first-order valence-corrected chi connectivity index (χ1v) is 6.50. The summed E-state index contributed by atoms with van der Waals surface area (Å²) in [4.78, 5) is 0. The van der Waals surface area contributed by atoms with Crippen molar-refractivity contribution in [1.82, 2.24) is 5.32 Å². The first-order chi connectivity index (χ1) is 9.24. The fourth-order valence-corrected chi connectivity index (χ4v) is 2.33. The number of hydrogen-bond donors (Lipinski definition) is 2. The van der Waals surface area contributed by atoms with Gasteiger partial charge in [-0.1, -0.05) is 29.8 Å². The molecule has 3 nitrogen and oxygen atoms in total. The van der Waals surface area contributed by atoms with Gasteiger partial charge in [0.25, 0.3) is 0 Å². The van der Waals surface area contributed by atoms with Crippen molar-refractivity contribution >= 4 is 0 Å². The summed E-state index contributed by atoms with van der Waals surface area (Å²) in [5.41, 5.74) is 4.36. The quantitative estimate of drug-likeness (QED) is 0.823. The molecular weight excluding hydrogens is 238 g/mol. The van der Waals surface area contributed by atoms with Gasteiger partial charge in [-0.25, -0.2) is 0 Å². The van der Waals surface area contributed by atoms with Gasteiger partial charge in [-0.2, -0.15) is 0 Å². The third-order valence-electron chi connectivity index (χ3n) is 3.37. The number of phenolic OH excluding ortho intramolecular Hbond substituents is 1. The van der Waals surface area contributed by atoms with Gasteiger partial charge in [-0.05, 0) is 30.2 Å². The maximum atomic E-state index is 10.1. The number of benzene rings is 2. The highest BCUT2D eigenvalue weighted by Crippen LogP contribution is 2.36. The minimum absolute atomic E-state index is 0.219. The largest absolute Gasteiger partial charge is 0.504 e. The Labute approximate surface area is 112 Å². The van der Waals surface area contributed by atoms with Gasteiger partial charge in [-0.3, -0.25) is 0 Å². The molecule has 1 aliphatic rings. The smallest absolute Gasteiger partial charge is 0.165 e. The summed E-state index contributed by atoms with van der Waals surface area (Å²) in [6.07, 6.45) is 0. The highest BCUT2D eigenvalue weighted by Gasteiger charge is 2.15. The number of nitrogens with one attached hydrogen (secondary N) is 1. The summed E-state index contributed by atoms with van der Waals surface area (Å²) in [7, 11) is 0. The van der Waals surface area contributed by atoms with E-state index in [0.717, 1.165) is 29.8 Å². The van der Waals surface area contributed by atoms with Crippen molar-refractivity contribution < 1.29 is 9.84 Å². The summed E-state index contributed by atoms with van der Waals surface area (Å²) in [5.74, 6) is 0.831. The summed E-state index contributed by atoms with van der Waals surface area (Å²) in [6, 6.07) is 12.1. The zero-order chi connectivity index (χ0) is 13.2. The van der Waals surface area contributed by atoms with Gasteiger partial charge in [0.2, 0.25) is 0 Å². The van der Waals surface area contributed by atoms with Crippen molar-refractivity contribution in [3.05, 3.63) is 47.5 Å². The number of phenols is 1. The van der Waals surface area contributed by atoms with Crippen molar-refractivity contribution in [2.75, 3.05) is 13.2 Å². The number of aromatic hydroxyl groups is 1. The lowest BCUT2D eigenvalue weighted by Crippen LogP contribution is -2.16. The Balaban J connectivity index is 2.06. The molecule has 2 N–H and O–H groups in total. The fraction of sp³-hybridized carbons (Fsp3) is 0.250. The fourth-order valence-electron chi connectivity index (χ4n) is 2.33. The van der Waals surface area contributed by atoms with E-state index >= 15 is 0 Å². The van der Waals surface area contributed by atoms with Gasteiger partial charge >= 0.3 is 0 Å². The molecule has 0 fully saturated rings. The topological polar surface area (TPSA) is 41.5 Å². The van der Waals surface area contributed by atoms with Crippen molar-refractivity contribution in [2.24, 2.45) is 0 Å². The molecule has 2 aromatic carbocycles.